The van der Waals surface area contributed by atoms with Crippen molar-refractivity contribution in [2.24, 2.45) is 4.99 Å². The molecule has 0 radical (unpaired) electrons. The minimum Gasteiger partial charge on any atom is -0.279 e. The molecule has 1 rings (SSSR count). The first-order valence-electron chi connectivity index (χ1n) is 3.67. The monoisotopic (exact) mass is 181 g/mol. The summed E-state index contributed by atoms with van der Waals surface area (Å²) in [6.07, 6.45) is 7.16. The van der Waals surface area contributed by atoms with Gasteiger partial charge >= 0.3 is 0 Å². The molecular formula is C8H11N3S. The Labute approximate surface area is 77.3 Å². The van der Waals surface area contributed by atoms with E-state index in [2.05, 4.69) is 22.6 Å². The van der Waals surface area contributed by atoms with Gasteiger partial charge in [0.15, 0.2) is 0 Å². The van der Waals surface area contributed by atoms with Crippen LogP contribution in [-0.4, -0.2) is 15.8 Å². The molecule has 64 valence electrons. The number of hydrogen-bond acceptors (Lipinski definition) is 3. The molecule has 0 saturated heterocycles. The van der Waals surface area contributed by atoms with Gasteiger partial charge in [0.2, 0.25) is 5.95 Å². The lowest BCUT2D eigenvalue weighted by Gasteiger charge is -1.96. The van der Waals surface area contributed by atoms with E-state index in [1.165, 1.54) is 0 Å². The van der Waals surface area contributed by atoms with Crippen molar-refractivity contribution in [3.8, 4) is 0 Å². The number of rotatable bonds is 2. The van der Waals surface area contributed by atoms with Gasteiger partial charge in [0.05, 0.1) is 11.2 Å². The smallest absolute Gasteiger partial charge is 0.234 e. The Kier molecular flexibility index (Phi) is 3.10. The van der Waals surface area contributed by atoms with Crippen molar-refractivity contribution in [3.63, 3.8) is 0 Å². The number of allylic oxidation sites excluding steroid dienone is 1. The van der Waals surface area contributed by atoms with Gasteiger partial charge in [-0.3, -0.25) is 4.57 Å². The fourth-order valence-corrected chi connectivity index (χ4v) is 1.06. The highest BCUT2D eigenvalue weighted by molar-refractivity contribution is 7.80. The summed E-state index contributed by atoms with van der Waals surface area (Å²) in [5.41, 5.74) is 0. The minimum atomic E-state index is 0.653. The van der Waals surface area contributed by atoms with E-state index in [9.17, 15) is 0 Å². The average molecular weight is 181 g/mol. The summed E-state index contributed by atoms with van der Waals surface area (Å²) < 4.78 is 1.81. The van der Waals surface area contributed by atoms with E-state index in [0.717, 1.165) is 5.03 Å². The molecule has 0 unspecified atom stereocenters. The molecule has 0 N–H and O–H groups in total. The van der Waals surface area contributed by atoms with Gasteiger partial charge in [-0.25, -0.2) is 9.98 Å². The van der Waals surface area contributed by atoms with Crippen molar-refractivity contribution >= 4 is 31.0 Å². The van der Waals surface area contributed by atoms with Crippen LogP contribution in [0, 0.1) is 0 Å². The molecule has 0 atom stereocenters. The Morgan fingerprint density at radius 2 is 2.33 bits per heavy atom. The third-order valence-corrected chi connectivity index (χ3v) is 1.63. The molecule has 12 heavy (non-hydrogen) atoms. The Morgan fingerprint density at radius 3 is 2.92 bits per heavy atom. The van der Waals surface area contributed by atoms with E-state index in [1.54, 1.807) is 12.4 Å². The summed E-state index contributed by atoms with van der Waals surface area (Å²) in [5, 5.41) is 0.786. The fraction of sp³-hybridized carbons (Fsp3) is 0.250. The first-order chi connectivity index (χ1) is 5.79. The highest BCUT2D eigenvalue weighted by atomic mass is 32.1. The molecule has 1 aromatic rings. The van der Waals surface area contributed by atoms with Crippen LogP contribution in [0.25, 0.3) is 6.20 Å². The van der Waals surface area contributed by atoms with Gasteiger partial charge in [0.1, 0.15) is 0 Å². The predicted molar refractivity (Wildman–Crippen MR) is 54.3 cm³/mol. The van der Waals surface area contributed by atoms with Gasteiger partial charge in [-0.15, -0.1) is 12.6 Å². The summed E-state index contributed by atoms with van der Waals surface area (Å²) >= 11 is 4.22. The molecule has 0 aliphatic rings. The molecule has 0 saturated carbocycles. The summed E-state index contributed by atoms with van der Waals surface area (Å²) in [6, 6.07) is 0. The lowest BCUT2D eigenvalue weighted by molar-refractivity contribution is 1.01. The maximum absolute atomic E-state index is 4.22. The van der Waals surface area contributed by atoms with Gasteiger partial charge in [0, 0.05) is 12.4 Å². The zero-order valence-electron chi connectivity index (χ0n) is 7.10. The zero-order chi connectivity index (χ0) is 8.97. The van der Waals surface area contributed by atoms with Gasteiger partial charge in [-0.05, 0) is 13.8 Å². The van der Waals surface area contributed by atoms with Crippen molar-refractivity contribution in [1.82, 2.24) is 9.55 Å². The van der Waals surface area contributed by atoms with Crippen LogP contribution in [0.4, 0.5) is 5.95 Å². The molecule has 4 heteroatoms. The molecule has 3 nitrogen and oxygen atoms in total. The lowest BCUT2D eigenvalue weighted by atomic mass is 10.7. The van der Waals surface area contributed by atoms with E-state index in [1.807, 2.05) is 30.7 Å². The second-order valence-corrected chi connectivity index (χ2v) is 2.61. The molecule has 0 amide bonds. The summed E-state index contributed by atoms with van der Waals surface area (Å²) in [5.74, 6) is 0.653. The van der Waals surface area contributed by atoms with Crippen LogP contribution >= 0.6 is 12.6 Å². The van der Waals surface area contributed by atoms with Gasteiger partial charge in [-0.2, -0.15) is 0 Å². The number of imidazole rings is 1. The zero-order valence-corrected chi connectivity index (χ0v) is 7.99. The topological polar surface area (TPSA) is 30.2 Å². The van der Waals surface area contributed by atoms with E-state index >= 15 is 0 Å². The fourth-order valence-electron chi connectivity index (χ4n) is 0.845. The SMILES string of the molecule is CC=Nc1ncc(S)n1/C=C\C. The molecule has 0 aliphatic carbocycles. The van der Waals surface area contributed by atoms with E-state index < -0.39 is 0 Å². The lowest BCUT2D eigenvalue weighted by Crippen LogP contribution is -1.85. The van der Waals surface area contributed by atoms with Crippen molar-refractivity contribution in [3.05, 3.63) is 12.3 Å². The van der Waals surface area contributed by atoms with Crippen molar-refractivity contribution < 1.29 is 0 Å². The first kappa shape index (κ1) is 9.06. The maximum Gasteiger partial charge on any atom is 0.234 e. The molecular weight excluding hydrogens is 170 g/mol. The first-order valence-corrected chi connectivity index (χ1v) is 4.12. The van der Waals surface area contributed by atoms with Crippen LogP contribution in [0.1, 0.15) is 13.8 Å². The van der Waals surface area contributed by atoms with Crippen LogP contribution in [0.15, 0.2) is 22.3 Å². The van der Waals surface area contributed by atoms with Crippen LogP contribution < -0.4 is 0 Å². The molecule has 0 aromatic carbocycles. The van der Waals surface area contributed by atoms with Gasteiger partial charge in [0.25, 0.3) is 0 Å². The highest BCUT2D eigenvalue weighted by Gasteiger charge is 2.00. The molecule has 0 bridgehead atoms. The van der Waals surface area contributed by atoms with E-state index in [-0.39, 0.29) is 0 Å². The second-order valence-electron chi connectivity index (χ2n) is 2.16. The molecule has 0 aliphatic heterocycles. The van der Waals surface area contributed by atoms with Crippen LogP contribution in [0.3, 0.4) is 0 Å². The molecule has 0 fully saturated rings. The van der Waals surface area contributed by atoms with Crippen LogP contribution in [0.2, 0.25) is 0 Å². The number of hydrogen-bond donors (Lipinski definition) is 1. The van der Waals surface area contributed by atoms with E-state index in [4.69, 9.17) is 0 Å². The molecule has 0 spiro atoms. The normalized spacial score (nSPS) is 11.9. The Morgan fingerprint density at radius 1 is 1.58 bits per heavy atom. The second kappa shape index (κ2) is 4.11. The Balaban J connectivity index is 3.12. The maximum atomic E-state index is 4.22. The average Bonchev–Trinajstić information content (AvgIpc) is 2.37. The number of thiol groups is 1. The summed E-state index contributed by atoms with van der Waals surface area (Å²) in [7, 11) is 0. The number of nitrogens with zero attached hydrogens (tertiary/aromatic N) is 3. The quantitative estimate of drug-likeness (QED) is 0.551. The minimum absolute atomic E-state index is 0.653. The van der Waals surface area contributed by atoms with Crippen LogP contribution in [0.5, 0.6) is 0 Å². The molecule has 1 aromatic heterocycles. The summed E-state index contributed by atoms with van der Waals surface area (Å²) in [4.78, 5) is 8.13. The van der Waals surface area contributed by atoms with Crippen molar-refractivity contribution in [2.45, 2.75) is 18.9 Å². The van der Waals surface area contributed by atoms with Gasteiger partial charge in [-0.1, -0.05) is 6.08 Å². The third-order valence-electron chi connectivity index (χ3n) is 1.30. The Bertz CT molecular complexity index is 312. The van der Waals surface area contributed by atoms with Gasteiger partial charge < -0.3 is 0 Å². The number of aromatic nitrogens is 2. The van der Waals surface area contributed by atoms with Crippen molar-refractivity contribution in [1.29, 1.82) is 0 Å². The largest absolute Gasteiger partial charge is 0.279 e. The Hall–Kier alpha value is -1.03. The van der Waals surface area contributed by atoms with Crippen molar-refractivity contribution in [2.75, 3.05) is 0 Å². The molecule has 1 heterocycles. The van der Waals surface area contributed by atoms with E-state index in [0.29, 0.717) is 5.95 Å². The standard InChI is InChI=1S/C8H11N3S/c1-3-5-11-7(12)6-10-8(11)9-4-2/h3-6,12H,1-2H3/b5-3-,9-4?. The number of aliphatic imine (C=N–C) groups is 1. The summed E-state index contributed by atoms with van der Waals surface area (Å²) in [6.45, 7) is 3.79. The van der Waals surface area contributed by atoms with Crippen LogP contribution in [-0.2, 0) is 0 Å². The predicted octanol–water partition coefficient (Wildman–Crippen LogP) is 2.38. The third kappa shape index (κ3) is 1.76. The highest BCUT2D eigenvalue weighted by Crippen LogP contribution is 2.16.